The molecule has 0 aliphatic heterocycles. The third kappa shape index (κ3) is 13.6. The molecular formula is C11H23F3N2O. The van der Waals surface area contributed by atoms with Crippen LogP contribution in [0, 0.1) is 0 Å². The van der Waals surface area contributed by atoms with E-state index in [0.29, 0.717) is 19.0 Å². The molecule has 6 heteroatoms. The van der Waals surface area contributed by atoms with Crippen molar-refractivity contribution in [3.8, 4) is 0 Å². The Kier molecular flexibility index (Phi) is 8.55. The molecule has 0 aromatic carbocycles. The van der Waals surface area contributed by atoms with E-state index in [9.17, 15) is 13.2 Å². The van der Waals surface area contributed by atoms with E-state index in [-0.39, 0.29) is 6.61 Å². The van der Waals surface area contributed by atoms with E-state index >= 15 is 0 Å². The second-order valence-electron chi connectivity index (χ2n) is 4.47. The molecule has 0 aliphatic carbocycles. The highest BCUT2D eigenvalue weighted by molar-refractivity contribution is 4.62. The van der Waals surface area contributed by atoms with Crippen molar-refractivity contribution >= 4 is 0 Å². The Bertz CT molecular complexity index is 186. The van der Waals surface area contributed by atoms with Crippen molar-refractivity contribution in [2.45, 2.75) is 32.0 Å². The normalized spacial score (nSPS) is 14.3. The molecule has 0 saturated carbocycles. The highest BCUT2D eigenvalue weighted by atomic mass is 19.4. The van der Waals surface area contributed by atoms with Gasteiger partial charge in [0.2, 0.25) is 0 Å². The summed E-state index contributed by atoms with van der Waals surface area (Å²) in [4.78, 5) is 2.10. The molecule has 17 heavy (non-hydrogen) atoms. The fourth-order valence-corrected chi connectivity index (χ4v) is 1.26. The van der Waals surface area contributed by atoms with Gasteiger partial charge in [0.1, 0.15) is 6.61 Å². The number of rotatable bonds is 9. The highest BCUT2D eigenvalue weighted by Crippen LogP contribution is 2.14. The van der Waals surface area contributed by atoms with Crippen LogP contribution in [0.1, 0.15) is 19.8 Å². The van der Waals surface area contributed by atoms with Crippen LogP contribution >= 0.6 is 0 Å². The molecule has 1 atom stereocenters. The molecular weight excluding hydrogens is 233 g/mol. The number of nitrogens with one attached hydrogen (secondary N) is 1. The molecule has 1 N–H and O–H groups in total. The van der Waals surface area contributed by atoms with Gasteiger partial charge in [-0.25, -0.2) is 0 Å². The van der Waals surface area contributed by atoms with Crippen LogP contribution in [0.15, 0.2) is 0 Å². The lowest BCUT2D eigenvalue weighted by Gasteiger charge is -2.16. The van der Waals surface area contributed by atoms with Crippen molar-refractivity contribution in [1.29, 1.82) is 0 Å². The van der Waals surface area contributed by atoms with Crippen LogP contribution in [0.5, 0.6) is 0 Å². The van der Waals surface area contributed by atoms with Gasteiger partial charge in [-0.1, -0.05) is 0 Å². The summed E-state index contributed by atoms with van der Waals surface area (Å²) in [6, 6.07) is 0.375. The summed E-state index contributed by atoms with van der Waals surface area (Å²) in [7, 11) is 4.02. The Labute approximate surface area is 101 Å². The maximum atomic E-state index is 11.7. The van der Waals surface area contributed by atoms with Crippen LogP contribution in [0.25, 0.3) is 0 Å². The quantitative estimate of drug-likeness (QED) is 0.638. The van der Waals surface area contributed by atoms with Crippen LogP contribution in [-0.4, -0.2) is 57.5 Å². The molecule has 0 saturated heterocycles. The average Bonchev–Trinajstić information content (AvgIpc) is 2.18. The second kappa shape index (κ2) is 8.72. The van der Waals surface area contributed by atoms with E-state index in [1.165, 1.54) is 0 Å². The molecule has 0 heterocycles. The van der Waals surface area contributed by atoms with E-state index in [1.54, 1.807) is 0 Å². The minimum Gasteiger partial charge on any atom is -0.372 e. The lowest BCUT2D eigenvalue weighted by Crippen LogP contribution is -2.31. The summed E-state index contributed by atoms with van der Waals surface area (Å²) in [5.41, 5.74) is 0. The second-order valence-corrected chi connectivity index (χ2v) is 4.47. The first kappa shape index (κ1) is 16.7. The van der Waals surface area contributed by atoms with Crippen molar-refractivity contribution in [2.24, 2.45) is 0 Å². The first-order valence-corrected chi connectivity index (χ1v) is 5.84. The molecule has 1 unspecified atom stereocenters. The van der Waals surface area contributed by atoms with E-state index in [4.69, 9.17) is 0 Å². The predicted molar refractivity (Wildman–Crippen MR) is 62.1 cm³/mol. The Balaban J connectivity index is 3.28. The number of halogens is 3. The molecule has 0 spiro atoms. The third-order valence-corrected chi connectivity index (χ3v) is 2.23. The fourth-order valence-electron chi connectivity index (χ4n) is 1.26. The summed E-state index contributed by atoms with van der Waals surface area (Å²) >= 11 is 0. The van der Waals surface area contributed by atoms with Crippen molar-refractivity contribution in [3.05, 3.63) is 0 Å². The molecule has 0 rings (SSSR count). The van der Waals surface area contributed by atoms with Crippen molar-refractivity contribution in [2.75, 3.05) is 40.4 Å². The lowest BCUT2D eigenvalue weighted by atomic mass is 10.2. The SMILES string of the molecule is CC(CCN(C)C)NCCCOCC(F)(F)F. The lowest BCUT2D eigenvalue weighted by molar-refractivity contribution is -0.173. The highest BCUT2D eigenvalue weighted by Gasteiger charge is 2.27. The van der Waals surface area contributed by atoms with Gasteiger partial charge in [0.15, 0.2) is 0 Å². The summed E-state index contributed by atoms with van der Waals surface area (Å²) in [6.45, 7) is 2.75. The van der Waals surface area contributed by atoms with E-state index in [2.05, 4.69) is 21.9 Å². The standard InChI is InChI=1S/C11H23F3N2O/c1-10(5-7-16(2)3)15-6-4-8-17-9-11(12,13)14/h10,15H,4-9H2,1-3H3. The molecule has 0 bridgehead atoms. The van der Waals surface area contributed by atoms with E-state index in [0.717, 1.165) is 13.0 Å². The Morgan fingerprint density at radius 3 is 2.47 bits per heavy atom. The van der Waals surface area contributed by atoms with Crippen LogP contribution in [0.4, 0.5) is 13.2 Å². The smallest absolute Gasteiger partial charge is 0.372 e. The fraction of sp³-hybridized carbons (Fsp3) is 1.00. The Hall–Kier alpha value is -0.330. The van der Waals surface area contributed by atoms with E-state index in [1.807, 2.05) is 14.1 Å². The molecule has 0 aliphatic rings. The van der Waals surface area contributed by atoms with Gasteiger partial charge >= 0.3 is 6.18 Å². The zero-order valence-corrected chi connectivity index (χ0v) is 10.8. The average molecular weight is 256 g/mol. The topological polar surface area (TPSA) is 24.5 Å². The molecule has 104 valence electrons. The summed E-state index contributed by atoms with van der Waals surface area (Å²) < 4.78 is 39.7. The monoisotopic (exact) mass is 256 g/mol. The van der Waals surface area contributed by atoms with Crippen LogP contribution in [0.3, 0.4) is 0 Å². The molecule has 0 aromatic rings. The van der Waals surface area contributed by atoms with Crippen LogP contribution < -0.4 is 5.32 Å². The number of alkyl halides is 3. The summed E-state index contributed by atoms with van der Waals surface area (Å²) in [6.07, 6.45) is -2.59. The third-order valence-electron chi connectivity index (χ3n) is 2.23. The molecule has 0 amide bonds. The van der Waals surface area contributed by atoms with E-state index < -0.39 is 12.8 Å². The van der Waals surface area contributed by atoms with Gasteiger partial charge in [-0.2, -0.15) is 13.2 Å². The summed E-state index contributed by atoms with van der Waals surface area (Å²) in [5.74, 6) is 0. The molecule has 0 fully saturated rings. The van der Waals surface area contributed by atoms with Crippen LogP contribution in [0.2, 0.25) is 0 Å². The Morgan fingerprint density at radius 2 is 1.94 bits per heavy atom. The van der Waals surface area contributed by atoms with Gasteiger partial charge in [-0.3, -0.25) is 0 Å². The number of nitrogens with zero attached hydrogens (tertiary/aromatic N) is 1. The van der Waals surface area contributed by atoms with Gasteiger partial charge in [-0.15, -0.1) is 0 Å². The minimum absolute atomic E-state index is 0.146. The van der Waals surface area contributed by atoms with Gasteiger partial charge < -0.3 is 15.0 Å². The van der Waals surface area contributed by atoms with Gasteiger partial charge in [-0.05, 0) is 47.0 Å². The maximum absolute atomic E-state index is 11.7. The minimum atomic E-state index is -4.22. The molecule has 0 radical (unpaired) electrons. The maximum Gasteiger partial charge on any atom is 0.411 e. The number of hydrogen-bond acceptors (Lipinski definition) is 3. The first-order valence-electron chi connectivity index (χ1n) is 5.84. The van der Waals surface area contributed by atoms with Crippen molar-refractivity contribution in [3.63, 3.8) is 0 Å². The van der Waals surface area contributed by atoms with Gasteiger partial charge in [0.05, 0.1) is 0 Å². The largest absolute Gasteiger partial charge is 0.411 e. The van der Waals surface area contributed by atoms with Crippen LogP contribution in [-0.2, 0) is 4.74 Å². The molecule has 3 nitrogen and oxygen atoms in total. The summed E-state index contributed by atoms with van der Waals surface area (Å²) in [5, 5.41) is 3.25. The van der Waals surface area contributed by atoms with Crippen molar-refractivity contribution < 1.29 is 17.9 Å². The van der Waals surface area contributed by atoms with Gasteiger partial charge in [0, 0.05) is 12.6 Å². The Morgan fingerprint density at radius 1 is 1.29 bits per heavy atom. The number of hydrogen-bond donors (Lipinski definition) is 1. The zero-order chi connectivity index (χ0) is 13.3. The van der Waals surface area contributed by atoms with Gasteiger partial charge in [0.25, 0.3) is 0 Å². The number of ether oxygens (including phenoxy) is 1. The zero-order valence-electron chi connectivity index (χ0n) is 10.8. The predicted octanol–water partition coefficient (Wildman–Crippen LogP) is 1.89. The first-order chi connectivity index (χ1) is 7.81. The van der Waals surface area contributed by atoms with Crippen molar-refractivity contribution in [1.82, 2.24) is 10.2 Å². The molecule has 0 aromatic heterocycles.